The van der Waals surface area contributed by atoms with Gasteiger partial charge in [-0.15, -0.1) is 0 Å². The van der Waals surface area contributed by atoms with Gasteiger partial charge in [0.25, 0.3) is 0 Å². The van der Waals surface area contributed by atoms with Crippen molar-refractivity contribution in [2.24, 2.45) is 10.8 Å². The Morgan fingerprint density at radius 1 is 0.800 bits per heavy atom. The van der Waals surface area contributed by atoms with E-state index in [9.17, 15) is 4.79 Å². The predicted molar refractivity (Wildman–Crippen MR) is 80.8 cm³/mol. The lowest BCUT2D eigenvalue weighted by molar-refractivity contribution is -0.152. The topological polar surface area (TPSA) is 17.1 Å². The van der Waals surface area contributed by atoms with Crippen LogP contribution in [0.1, 0.15) is 27.7 Å². The Balaban J connectivity index is 2.36. The van der Waals surface area contributed by atoms with Gasteiger partial charge >= 0.3 is 0 Å². The Morgan fingerprint density at radius 3 is 1.60 bits per heavy atom. The molecule has 1 saturated carbocycles. The zero-order valence-corrected chi connectivity index (χ0v) is 13.8. The molecule has 15 heavy (non-hydrogen) atoms. The van der Waals surface area contributed by atoms with Gasteiger partial charge in [-0.1, -0.05) is 49.3 Å². The Bertz CT molecular complexity index is 272. The minimum absolute atomic E-state index is 0.0168. The summed E-state index contributed by atoms with van der Waals surface area (Å²) in [5.41, 5.74) is -0.422. The third kappa shape index (κ3) is 1.63. The molecule has 1 heterocycles. The summed E-state index contributed by atoms with van der Waals surface area (Å²) < 4.78 is 0.0168. The number of carbonyl (C=O) groups is 1. The second-order valence-electron chi connectivity index (χ2n) is 4.63. The van der Waals surface area contributed by atoms with E-state index in [2.05, 4.69) is 27.7 Å². The Hall–Kier alpha value is 1.77. The first-order valence-corrected chi connectivity index (χ1v) is 11.9. The van der Waals surface area contributed by atoms with E-state index in [1.54, 1.807) is 19.7 Å². The normalized spacial score (nSPS) is 32.1. The Labute approximate surface area is 113 Å². The molecule has 7 heteroatoms. The number of rotatable bonds is 0. The van der Waals surface area contributed by atoms with Crippen molar-refractivity contribution in [3.05, 3.63) is 0 Å². The third-order valence-electron chi connectivity index (χ3n) is 3.17. The van der Waals surface area contributed by atoms with Gasteiger partial charge in [-0.05, 0) is 39.3 Å². The van der Waals surface area contributed by atoms with Gasteiger partial charge in [-0.2, -0.15) is 0 Å². The van der Waals surface area contributed by atoms with Crippen molar-refractivity contribution in [2.75, 3.05) is 0 Å². The van der Waals surface area contributed by atoms with E-state index in [0.717, 1.165) is 0 Å². The maximum Gasteiger partial charge on any atom is 0.148 e. The van der Waals surface area contributed by atoms with Crippen LogP contribution in [-0.4, -0.2) is 9.86 Å². The number of ketones is 1. The SMILES string of the molecule is CC1(C)C(=O)C(C)(C)C12SSSSSS2. The summed E-state index contributed by atoms with van der Waals surface area (Å²) in [7, 11) is 11.0. The highest BCUT2D eigenvalue weighted by molar-refractivity contribution is 9.44. The Kier molecular flexibility index (Phi) is 3.66. The summed E-state index contributed by atoms with van der Waals surface area (Å²) in [5.74, 6) is 0.396. The fourth-order valence-electron chi connectivity index (χ4n) is 2.38. The quantitative estimate of drug-likeness (QED) is 0.556. The molecule has 1 saturated heterocycles. The molecule has 86 valence electrons. The fraction of sp³-hybridized carbons (Fsp3) is 0.875. The largest absolute Gasteiger partial charge is 0.298 e. The molecule has 0 bridgehead atoms. The minimum Gasteiger partial charge on any atom is -0.298 e. The number of carbonyl (C=O) groups excluding carboxylic acids is 1. The van der Waals surface area contributed by atoms with E-state index in [0.29, 0.717) is 5.78 Å². The van der Waals surface area contributed by atoms with Gasteiger partial charge in [0.05, 0.1) is 10.8 Å². The first kappa shape index (κ1) is 13.2. The molecule has 0 aromatic rings. The van der Waals surface area contributed by atoms with Crippen molar-refractivity contribution >= 4 is 66.7 Å². The molecule has 1 spiro atoms. The minimum atomic E-state index is -0.211. The smallest absolute Gasteiger partial charge is 0.148 e. The summed E-state index contributed by atoms with van der Waals surface area (Å²) in [5, 5.41) is 0. The molecule has 0 aromatic heterocycles. The van der Waals surface area contributed by atoms with E-state index in [1.807, 2.05) is 41.2 Å². The van der Waals surface area contributed by atoms with Crippen LogP contribution in [0.25, 0.3) is 0 Å². The molecule has 0 aromatic carbocycles. The zero-order chi connectivity index (χ0) is 11.3. The van der Waals surface area contributed by atoms with Crippen LogP contribution in [0, 0.1) is 10.8 Å². The van der Waals surface area contributed by atoms with E-state index >= 15 is 0 Å². The lowest BCUT2D eigenvalue weighted by Crippen LogP contribution is -2.70. The molecule has 2 fully saturated rings. The molecule has 1 aliphatic heterocycles. The van der Waals surface area contributed by atoms with Gasteiger partial charge in [0.15, 0.2) is 0 Å². The summed E-state index contributed by atoms with van der Waals surface area (Å²) in [4.78, 5) is 12.1. The molecule has 0 unspecified atom stereocenters. The van der Waals surface area contributed by atoms with E-state index in [4.69, 9.17) is 0 Å². The highest BCUT2D eigenvalue weighted by atomic mass is 33.9. The van der Waals surface area contributed by atoms with Crippen LogP contribution in [-0.2, 0) is 4.79 Å². The lowest BCUT2D eigenvalue weighted by atomic mass is 9.54. The second kappa shape index (κ2) is 4.16. The average Bonchev–Trinajstić information content (AvgIpc) is 2.42. The van der Waals surface area contributed by atoms with Gasteiger partial charge in [0, 0.05) is 0 Å². The number of hydrogen-bond donors (Lipinski definition) is 0. The van der Waals surface area contributed by atoms with Gasteiger partial charge < -0.3 is 0 Å². The van der Waals surface area contributed by atoms with Crippen LogP contribution in [0.5, 0.6) is 0 Å². The van der Waals surface area contributed by atoms with Gasteiger partial charge in [-0.25, -0.2) is 0 Å². The fourth-order valence-corrected chi connectivity index (χ4v) is 18.9. The van der Waals surface area contributed by atoms with Crippen molar-refractivity contribution in [1.82, 2.24) is 0 Å². The summed E-state index contributed by atoms with van der Waals surface area (Å²) in [6.07, 6.45) is 0. The maximum atomic E-state index is 12.1. The number of Topliss-reactive ketones (excluding diaryl/α,β-unsaturated/α-hetero) is 1. The van der Waals surface area contributed by atoms with E-state index < -0.39 is 0 Å². The maximum absolute atomic E-state index is 12.1. The molecule has 1 aliphatic carbocycles. The van der Waals surface area contributed by atoms with Crippen LogP contribution in [0.15, 0.2) is 0 Å². The van der Waals surface area contributed by atoms with Crippen molar-refractivity contribution < 1.29 is 4.79 Å². The molecule has 0 amide bonds. The molecular formula is C8H12OS6. The van der Waals surface area contributed by atoms with Crippen molar-refractivity contribution in [1.29, 1.82) is 0 Å². The predicted octanol–water partition coefficient (Wildman–Crippen LogP) is 5.31. The van der Waals surface area contributed by atoms with Crippen molar-refractivity contribution in [3.63, 3.8) is 0 Å². The van der Waals surface area contributed by atoms with Gasteiger partial charge in [0.1, 0.15) is 9.86 Å². The summed E-state index contributed by atoms with van der Waals surface area (Å²) in [6, 6.07) is 0. The first-order chi connectivity index (χ1) is 6.86. The third-order valence-corrected chi connectivity index (χ3v) is 16.7. The molecule has 0 N–H and O–H groups in total. The molecular weight excluding hydrogens is 304 g/mol. The van der Waals surface area contributed by atoms with Crippen LogP contribution >= 0.6 is 60.9 Å². The van der Waals surface area contributed by atoms with E-state index in [-0.39, 0.29) is 14.9 Å². The van der Waals surface area contributed by atoms with Crippen LogP contribution < -0.4 is 0 Å². The van der Waals surface area contributed by atoms with Crippen LogP contribution in [0.3, 0.4) is 0 Å². The van der Waals surface area contributed by atoms with Crippen LogP contribution in [0.4, 0.5) is 0 Å². The molecule has 2 rings (SSSR count). The molecule has 0 atom stereocenters. The van der Waals surface area contributed by atoms with Crippen LogP contribution in [0.2, 0.25) is 0 Å². The van der Waals surface area contributed by atoms with Gasteiger partial charge in [0.2, 0.25) is 0 Å². The zero-order valence-electron chi connectivity index (χ0n) is 8.86. The monoisotopic (exact) mass is 316 g/mol. The van der Waals surface area contributed by atoms with Gasteiger partial charge in [-0.3, -0.25) is 4.79 Å². The summed E-state index contributed by atoms with van der Waals surface area (Å²) in [6.45, 7) is 8.34. The van der Waals surface area contributed by atoms with Crippen molar-refractivity contribution in [2.45, 2.75) is 31.8 Å². The summed E-state index contributed by atoms with van der Waals surface area (Å²) >= 11 is 0. The van der Waals surface area contributed by atoms with E-state index in [1.165, 1.54) is 0 Å². The molecule has 1 nitrogen and oxygen atoms in total. The van der Waals surface area contributed by atoms with Crippen molar-refractivity contribution in [3.8, 4) is 0 Å². The Morgan fingerprint density at radius 2 is 1.20 bits per heavy atom. The first-order valence-electron chi connectivity index (χ1n) is 4.45. The standard InChI is InChI=1S/C8H12OS6/c1-6(2)5(9)7(3,4)8(6)10-12-14-15-13-11-8/h1-4H3. The highest BCUT2D eigenvalue weighted by Gasteiger charge is 2.74. The molecule has 2 aliphatic rings. The highest BCUT2D eigenvalue weighted by Crippen LogP contribution is 2.79. The molecule has 0 radical (unpaired) electrons. The number of hydrogen-bond acceptors (Lipinski definition) is 7. The lowest BCUT2D eigenvalue weighted by Gasteiger charge is -2.62. The second-order valence-corrected chi connectivity index (χ2v) is 14.5. The average molecular weight is 317 g/mol.